The van der Waals surface area contributed by atoms with Crippen molar-refractivity contribution in [3.63, 3.8) is 0 Å². The minimum Gasteiger partial charge on any atom is -0.323 e. The maximum Gasteiger partial charge on any atom is 0.247 e. The summed E-state index contributed by atoms with van der Waals surface area (Å²) in [6.45, 7) is 10.9. The topological polar surface area (TPSA) is 29.1 Å². The Bertz CT molecular complexity index is 285. The fraction of sp³-hybridized carbons (Fsp3) is 0.250. The standard InChI is InChI=1S/C12H17NO/c1-5-9-10(6-2)11(7-3)13-12(14)8-4/h5-8H,1,4,9H2,2-3H3,(H,13,14)/b10-6-,11-7+. The SMILES string of the molecule is C=CCC(=C/C)/C(=C\C)NC(=O)C=C. The van der Waals surface area contributed by atoms with Gasteiger partial charge in [-0.2, -0.15) is 0 Å². The summed E-state index contributed by atoms with van der Waals surface area (Å²) in [5.74, 6) is -0.193. The van der Waals surface area contributed by atoms with Gasteiger partial charge in [0.05, 0.1) is 0 Å². The number of allylic oxidation sites excluding steroid dienone is 4. The van der Waals surface area contributed by atoms with Crippen molar-refractivity contribution in [2.75, 3.05) is 0 Å². The van der Waals surface area contributed by atoms with Crippen LogP contribution < -0.4 is 5.32 Å². The van der Waals surface area contributed by atoms with E-state index in [0.717, 1.165) is 17.7 Å². The molecule has 14 heavy (non-hydrogen) atoms. The van der Waals surface area contributed by atoms with Gasteiger partial charge in [-0.25, -0.2) is 0 Å². The molecule has 0 aliphatic rings. The van der Waals surface area contributed by atoms with Gasteiger partial charge in [0, 0.05) is 5.70 Å². The van der Waals surface area contributed by atoms with Gasteiger partial charge in [0.15, 0.2) is 0 Å². The van der Waals surface area contributed by atoms with Gasteiger partial charge in [-0.1, -0.05) is 24.8 Å². The van der Waals surface area contributed by atoms with Crippen LogP contribution in [-0.4, -0.2) is 5.91 Å². The van der Waals surface area contributed by atoms with Crippen LogP contribution >= 0.6 is 0 Å². The highest BCUT2D eigenvalue weighted by Crippen LogP contribution is 2.11. The van der Waals surface area contributed by atoms with E-state index < -0.39 is 0 Å². The van der Waals surface area contributed by atoms with Crippen LogP contribution in [0.2, 0.25) is 0 Å². The largest absolute Gasteiger partial charge is 0.323 e. The van der Waals surface area contributed by atoms with Gasteiger partial charge in [-0.3, -0.25) is 4.79 Å². The zero-order chi connectivity index (χ0) is 11.0. The minimum atomic E-state index is -0.193. The Kier molecular flexibility index (Phi) is 6.12. The van der Waals surface area contributed by atoms with Crippen molar-refractivity contribution in [2.45, 2.75) is 20.3 Å². The Morgan fingerprint density at radius 2 is 1.93 bits per heavy atom. The Morgan fingerprint density at radius 1 is 1.29 bits per heavy atom. The molecule has 0 bridgehead atoms. The highest BCUT2D eigenvalue weighted by Gasteiger charge is 2.03. The van der Waals surface area contributed by atoms with Crippen LogP contribution in [-0.2, 0) is 4.79 Å². The normalized spacial score (nSPS) is 12.1. The molecule has 1 amide bonds. The summed E-state index contributed by atoms with van der Waals surface area (Å²) >= 11 is 0. The molecule has 0 saturated carbocycles. The molecule has 0 fully saturated rings. The number of carbonyl (C=O) groups excluding carboxylic acids is 1. The van der Waals surface area contributed by atoms with E-state index in [4.69, 9.17) is 0 Å². The van der Waals surface area contributed by atoms with E-state index in [2.05, 4.69) is 18.5 Å². The Hall–Kier alpha value is -1.57. The lowest BCUT2D eigenvalue weighted by atomic mass is 10.1. The summed E-state index contributed by atoms with van der Waals surface area (Å²) in [5, 5.41) is 2.74. The molecule has 0 heterocycles. The number of rotatable bonds is 5. The van der Waals surface area contributed by atoms with Gasteiger partial charge in [0.25, 0.3) is 0 Å². The molecular weight excluding hydrogens is 174 g/mol. The molecule has 0 radical (unpaired) electrons. The number of hydrogen-bond acceptors (Lipinski definition) is 1. The van der Waals surface area contributed by atoms with Crippen LogP contribution in [0.4, 0.5) is 0 Å². The second kappa shape index (κ2) is 6.89. The average molecular weight is 191 g/mol. The third-order valence-corrected chi connectivity index (χ3v) is 1.79. The predicted octanol–water partition coefficient (Wildman–Crippen LogP) is 2.71. The zero-order valence-corrected chi connectivity index (χ0v) is 8.84. The lowest BCUT2D eigenvalue weighted by molar-refractivity contribution is -0.115. The second-order valence-electron chi connectivity index (χ2n) is 2.70. The fourth-order valence-corrected chi connectivity index (χ4v) is 1.06. The molecule has 76 valence electrons. The van der Waals surface area contributed by atoms with Gasteiger partial charge in [0.1, 0.15) is 0 Å². The molecule has 2 nitrogen and oxygen atoms in total. The molecule has 0 aromatic heterocycles. The second-order valence-corrected chi connectivity index (χ2v) is 2.70. The van der Waals surface area contributed by atoms with Crippen LogP contribution in [0.3, 0.4) is 0 Å². The Labute approximate surface area is 85.7 Å². The number of nitrogens with one attached hydrogen (secondary N) is 1. The van der Waals surface area contributed by atoms with Crippen molar-refractivity contribution in [3.8, 4) is 0 Å². The average Bonchev–Trinajstić information content (AvgIpc) is 2.22. The predicted molar refractivity (Wildman–Crippen MR) is 60.7 cm³/mol. The quantitative estimate of drug-likeness (QED) is 0.404. The highest BCUT2D eigenvalue weighted by atomic mass is 16.1. The fourth-order valence-electron chi connectivity index (χ4n) is 1.06. The van der Waals surface area contributed by atoms with Crippen LogP contribution in [0, 0.1) is 0 Å². The molecule has 0 spiro atoms. The van der Waals surface area contributed by atoms with Crippen molar-refractivity contribution in [3.05, 3.63) is 48.7 Å². The summed E-state index contributed by atoms with van der Waals surface area (Å²) in [6, 6.07) is 0. The molecule has 0 unspecified atom stereocenters. The number of amides is 1. The maximum absolute atomic E-state index is 11.1. The Balaban J connectivity index is 4.63. The first-order valence-corrected chi connectivity index (χ1v) is 4.55. The van der Waals surface area contributed by atoms with Gasteiger partial charge in [0.2, 0.25) is 5.91 Å². The van der Waals surface area contributed by atoms with E-state index in [1.807, 2.05) is 26.0 Å². The van der Waals surface area contributed by atoms with E-state index in [-0.39, 0.29) is 5.91 Å². The van der Waals surface area contributed by atoms with Crippen LogP contribution in [0.25, 0.3) is 0 Å². The van der Waals surface area contributed by atoms with Gasteiger partial charge < -0.3 is 5.32 Å². The van der Waals surface area contributed by atoms with E-state index in [0.29, 0.717) is 0 Å². The first-order chi connectivity index (χ1) is 6.69. The summed E-state index contributed by atoms with van der Waals surface area (Å²) in [6.07, 6.45) is 7.62. The first-order valence-electron chi connectivity index (χ1n) is 4.55. The van der Waals surface area contributed by atoms with Crippen LogP contribution in [0.1, 0.15) is 20.3 Å². The maximum atomic E-state index is 11.1. The summed E-state index contributed by atoms with van der Waals surface area (Å²) < 4.78 is 0. The molecular formula is C12H17NO. The first kappa shape index (κ1) is 12.4. The van der Waals surface area contributed by atoms with Gasteiger partial charge in [-0.05, 0) is 31.9 Å². The van der Waals surface area contributed by atoms with E-state index >= 15 is 0 Å². The van der Waals surface area contributed by atoms with Crippen molar-refractivity contribution in [1.29, 1.82) is 0 Å². The molecule has 0 aromatic rings. The number of hydrogen-bond donors (Lipinski definition) is 1. The molecule has 0 atom stereocenters. The van der Waals surface area contributed by atoms with Crippen molar-refractivity contribution in [2.24, 2.45) is 0 Å². The van der Waals surface area contributed by atoms with Crippen molar-refractivity contribution in [1.82, 2.24) is 5.32 Å². The molecule has 0 aromatic carbocycles. The van der Waals surface area contributed by atoms with E-state index in [9.17, 15) is 4.79 Å². The summed E-state index contributed by atoms with van der Waals surface area (Å²) in [5.41, 5.74) is 1.87. The number of carbonyl (C=O) groups is 1. The molecule has 2 heteroatoms. The third-order valence-electron chi connectivity index (χ3n) is 1.79. The minimum absolute atomic E-state index is 0.193. The molecule has 0 saturated heterocycles. The zero-order valence-electron chi connectivity index (χ0n) is 8.84. The Morgan fingerprint density at radius 3 is 2.29 bits per heavy atom. The lowest BCUT2D eigenvalue weighted by Gasteiger charge is -2.10. The molecule has 0 aliphatic heterocycles. The monoisotopic (exact) mass is 191 g/mol. The van der Waals surface area contributed by atoms with Crippen molar-refractivity contribution >= 4 is 5.91 Å². The highest BCUT2D eigenvalue weighted by molar-refractivity contribution is 5.88. The molecule has 1 N–H and O–H groups in total. The van der Waals surface area contributed by atoms with Gasteiger partial charge >= 0.3 is 0 Å². The lowest BCUT2D eigenvalue weighted by Crippen LogP contribution is -2.21. The summed E-state index contributed by atoms with van der Waals surface area (Å²) in [7, 11) is 0. The molecule has 0 aliphatic carbocycles. The van der Waals surface area contributed by atoms with E-state index in [1.54, 1.807) is 6.08 Å². The van der Waals surface area contributed by atoms with Gasteiger partial charge in [-0.15, -0.1) is 6.58 Å². The van der Waals surface area contributed by atoms with Crippen molar-refractivity contribution < 1.29 is 4.79 Å². The molecule has 0 rings (SSSR count). The van der Waals surface area contributed by atoms with Crippen LogP contribution in [0.5, 0.6) is 0 Å². The third kappa shape index (κ3) is 3.90. The smallest absolute Gasteiger partial charge is 0.247 e. The van der Waals surface area contributed by atoms with Crippen LogP contribution in [0.15, 0.2) is 48.7 Å². The summed E-state index contributed by atoms with van der Waals surface area (Å²) in [4.78, 5) is 11.1. The van der Waals surface area contributed by atoms with E-state index in [1.165, 1.54) is 6.08 Å².